The normalized spacial score (nSPS) is 11.9. The van der Waals surface area contributed by atoms with Gasteiger partial charge in [0.1, 0.15) is 0 Å². The fourth-order valence-corrected chi connectivity index (χ4v) is 1.92. The maximum Gasteiger partial charge on any atom is 0.426 e. The van der Waals surface area contributed by atoms with Crippen LogP contribution in [0, 0.1) is 0 Å². The Labute approximate surface area is 105 Å². The molecule has 0 aromatic rings. The van der Waals surface area contributed by atoms with Crippen molar-refractivity contribution in [3.05, 3.63) is 0 Å². The Balaban J connectivity index is 3.32. The molecule has 0 aliphatic rings. The molecule has 17 heavy (non-hydrogen) atoms. The number of unbranched alkanes of at least 4 members (excludes halogenated alkanes) is 6. The number of hydrogen-bond acceptors (Lipinski definition) is 5. The van der Waals surface area contributed by atoms with Crippen molar-refractivity contribution in [1.29, 1.82) is 0 Å². The predicted octanol–water partition coefficient (Wildman–Crippen LogP) is 2.97. The van der Waals surface area contributed by atoms with Gasteiger partial charge < -0.3 is 0 Å². The van der Waals surface area contributed by atoms with Crippen LogP contribution in [0.3, 0.4) is 0 Å². The largest absolute Gasteiger partial charge is 0.426 e. The standard InChI is InChI=1S/C11H24O5S/c1-3-5-6-7-8-9-10-11-15-17(12,13)16-14-4-2/h3-11H2,1-2H3. The molecular weight excluding hydrogens is 244 g/mol. The van der Waals surface area contributed by atoms with E-state index in [-0.39, 0.29) is 13.2 Å². The SMILES string of the molecule is CCCCCCCCCOS(=O)(=O)OOCC. The summed E-state index contributed by atoms with van der Waals surface area (Å²) in [7, 11) is -3.97. The fraction of sp³-hybridized carbons (Fsp3) is 1.00. The van der Waals surface area contributed by atoms with Gasteiger partial charge in [0.25, 0.3) is 0 Å². The van der Waals surface area contributed by atoms with Gasteiger partial charge in [-0.2, -0.15) is 8.42 Å². The summed E-state index contributed by atoms with van der Waals surface area (Å²) >= 11 is 0. The minimum absolute atomic E-state index is 0.156. The van der Waals surface area contributed by atoms with E-state index in [9.17, 15) is 8.42 Å². The molecule has 0 atom stereocenters. The van der Waals surface area contributed by atoms with Crippen molar-refractivity contribution in [3.63, 3.8) is 0 Å². The van der Waals surface area contributed by atoms with Gasteiger partial charge in [-0.05, 0) is 13.3 Å². The monoisotopic (exact) mass is 268 g/mol. The first-order valence-corrected chi connectivity index (χ1v) is 7.66. The van der Waals surface area contributed by atoms with Crippen molar-refractivity contribution in [2.45, 2.75) is 58.8 Å². The smallest absolute Gasteiger partial charge is 0.246 e. The van der Waals surface area contributed by atoms with Crippen molar-refractivity contribution in [2.24, 2.45) is 0 Å². The molecule has 0 fully saturated rings. The summed E-state index contributed by atoms with van der Waals surface area (Å²) in [5.41, 5.74) is 0. The molecule has 6 heteroatoms. The van der Waals surface area contributed by atoms with Crippen molar-refractivity contribution in [2.75, 3.05) is 13.2 Å². The second-order valence-electron chi connectivity index (χ2n) is 3.83. The van der Waals surface area contributed by atoms with Crippen LogP contribution >= 0.6 is 0 Å². The summed E-state index contributed by atoms with van der Waals surface area (Å²) in [5.74, 6) is 0. The van der Waals surface area contributed by atoms with E-state index in [1.807, 2.05) is 0 Å². The quantitative estimate of drug-likeness (QED) is 0.309. The molecule has 0 saturated heterocycles. The molecule has 0 amide bonds. The average Bonchev–Trinajstić information content (AvgIpc) is 2.30. The van der Waals surface area contributed by atoms with E-state index >= 15 is 0 Å². The summed E-state index contributed by atoms with van der Waals surface area (Å²) in [6.45, 7) is 4.13. The van der Waals surface area contributed by atoms with Gasteiger partial charge in [0.15, 0.2) is 0 Å². The Morgan fingerprint density at radius 2 is 1.47 bits per heavy atom. The van der Waals surface area contributed by atoms with E-state index in [2.05, 4.69) is 20.3 Å². The number of rotatable bonds is 12. The van der Waals surface area contributed by atoms with E-state index in [0.29, 0.717) is 0 Å². The average molecular weight is 268 g/mol. The fourth-order valence-electron chi connectivity index (χ4n) is 1.35. The van der Waals surface area contributed by atoms with Gasteiger partial charge in [0, 0.05) is 0 Å². The Morgan fingerprint density at radius 1 is 0.882 bits per heavy atom. The molecule has 0 rings (SSSR count). The first kappa shape index (κ1) is 16.8. The molecule has 0 bridgehead atoms. The van der Waals surface area contributed by atoms with E-state index in [1.54, 1.807) is 6.92 Å². The second-order valence-corrected chi connectivity index (χ2v) is 5.01. The molecule has 0 aromatic heterocycles. The Bertz CT molecular complexity index is 251. The first-order chi connectivity index (χ1) is 8.12. The minimum atomic E-state index is -3.97. The van der Waals surface area contributed by atoms with E-state index in [1.165, 1.54) is 25.7 Å². The van der Waals surface area contributed by atoms with Gasteiger partial charge in [-0.1, -0.05) is 49.8 Å². The highest BCUT2D eigenvalue weighted by molar-refractivity contribution is 7.81. The molecule has 5 nitrogen and oxygen atoms in total. The molecule has 0 spiro atoms. The lowest BCUT2D eigenvalue weighted by atomic mass is 10.1. The molecule has 0 heterocycles. The van der Waals surface area contributed by atoms with Crippen LogP contribution in [0.4, 0.5) is 0 Å². The van der Waals surface area contributed by atoms with Crippen molar-refractivity contribution in [1.82, 2.24) is 0 Å². The highest BCUT2D eigenvalue weighted by Gasteiger charge is 2.12. The zero-order chi connectivity index (χ0) is 13.0. The summed E-state index contributed by atoms with van der Waals surface area (Å²) in [6.07, 6.45) is 7.78. The van der Waals surface area contributed by atoms with Crippen LogP contribution in [0.15, 0.2) is 0 Å². The third-order valence-electron chi connectivity index (χ3n) is 2.22. The van der Waals surface area contributed by atoms with Crippen LogP contribution in [0.25, 0.3) is 0 Å². The van der Waals surface area contributed by atoms with Gasteiger partial charge in [0.05, 0.1) is 13.2 Å². The van der Waals surface area contributed by atoms with E-state index < -0.39 is 10.4 Å². The number of hydrogen-bond donors (Lipinski definition) is 0. The lowest BCUT2D eigenvalue weighted by molar-refractivity contribution is -0.205. The predicted molar refractivity (Wildman–Crippen MR) is 65.6 cm³/mol. The zero-order valence-corrected chi connectivity index (χ0v) is 11.6. The lowest BCUT2D eigenvalue weighted by Crippen LogP contribution is -2.11. The highest BCUT2D eigenvalue weighted by atomic mass is 32.3. The van der Waals surface area contributed by atoms with Gasteiger partial charge in [-0.15, -0.1) is 0 Å². The highest BCUT2D eigenvalue weighted by Crippen LogP contribution is 2.07. The van der Waals surface area contributed by atoms with Gasteiger partial charge in [-0.25, -0.2) is 9.07 Å². The van der Waals surface area contributed by atoms with Crippen LogP contribution in [0.2, 0.25) is 0 Å². The molecule has 0 saturated carbocycles. The summed E-state index contributed by atoms with van der Waals surface area (Å²) in [6, 6.07) is 0. The third kappa shape index (κ3) is 12.1. The molecule has 0 aliphatic carbocycles. The first-order valence-electron chi connectivity index (χ1n) is 6.32. The van der Waals surface area contributed by atoms with Crippen LogP contribution < -0.4 is 0 Å². The molecule has 0 N–H and O–H groups in total. The molecule has 104 valence electrons. The van der Waals surface area contributed by atoms with Crippen molar-refractivity contribution < 1.29 is 21.8 Å². The molecule has 0 unspecified atom stereocenters. The maximum atomic E-state index is 11.0. The van der Waals surface area contributed by atoms with Crippen LogP contribution in [-0.2, 0) is 23.8 Å². The molecule has 0 aliphatic heterocycles. The summed E-state index contributed by atoms with van der Waals surface area (Å²) < 4.78 is 30.7. The molecular formula is C11H24O5S. The topological polar surface area (TPSA) is 61.8 Å². The minimum Gasteiger partial charge on any atom is -0.246 e. The second kappa shape index (κ2) is 11.0. The van der Waals surface area contributed by atoms with Crippen LogP contribution in [0.1, 0.15) is 58.8 Å². The van der Waals surface area contributed by atoms with Crippen molar-refractivity contribution in [3.8, 4) is 0 Å². The summed E-state index contributed by atoms with van der Waals surface area (Å²) in [4.78, 5) is 4.31. The third-order valence-corrected chi connectivity index (χ3v) is 2.94. The lowest BCUT2D eigenvalue weighted by Gasteiger charge is -2.04. The van der Waals surface area contributed by atoms with Crippen LogP contribution in [-0.4, -0.2) is 21.6 Å². The zero-order valence-electron chi connectivity index (χ0n) is 10.8. The van der Waals surface area contributed by atoms with Gasteiger partial charge in [0.2, 0.25) is 0 Å². The Morgan fingerprint density at radius 3 is 2.06 bits per heavy atom. The van der Waals surface area contributed by atoms with Gasteiger partial charge in [-0.3, -0.25) is 0 Å². The Kier molecular flexibility index (Phi) is 10.8. The van der Waals surface area contributed by atoms with Crippen LogP contribution in [0.5, 0.6) is 0 Å². The van der Waals surface area contributed by atoms with Crippen molar-refractivity contribution >= 4 is 10.4 Å². The summed E-state index contributed by atoms with van der Waals surface area (Å²) in [5, 5.41) is 0. The molecule has 0 aromatic carbocycles. The molecule has 0 radical (unpaired) electrons. The van der Waals surface area contributed by atoms with Gasteiger partial charge >= 0.3 is 10.4 Å². The van der Waals surface area contributed by atoms with E-state index in [0.717, 1.165) is 19.3 Å². The Hall–Kier alpha value is -0.170. The maximum absolute atomic E-state index is 11.0. The van der Waals surface area contributed by atoms with E-state index in [4.69, 9.17) is 0 Å².